The zero-order valence-electron chi connectivity index (χ0n) is 39.3. The summed E-state index contributed by atoms with van der Waals surface area (Å²) in [5, 5.41) is 10.9. The Morgan fingerprint density at radius 1 is 0.292 bits per heavy atom. The van der Waals surface area contributed by atoms with Crippen LogP contribution in [0.2, 0.25) is 0 Å². The third-order valence-electron chi connectivity index (χ3n) is 12.8. The van der Waals surface area contributed by atoms with E-state index < -0.39 is 15.8 Å². The molecule has 0 radical (unpaired) electrons. The van der Waals surface area contributed by atoms with Crippen LogP contribution in [0.3, 0.4) is 0 Å². The number of rotatable bonds is 9. The molecule has 2 nitrogen and oxygen atoms in total. The molecule has 12 rings (SSSR count). The van der Waals surface area contributed by atoms with Crippen molar-refractivity contribution < 1.29 is 44.8 Å². The number of hydrogen-bond donors (Lipinski definition) is 0. The van der Waals surface area contributed by atoms with Crippen LogP contribution in [-0.4, -0.2) is 21.5 Å². The maximum atomic E-state index is 7.37. The number of benzene rings is 10. The van der Waals surface area contributed by atoms with Crippen molar-refractivity contribution in [1.29, 1.82) is 0 Å². The molecule has 0 unspecified atom stereocenters. The van der Waals surface area contributed by atoms with Crippen molar-refractivity contribution in [3.05, 3.63) is 291 Å². The molecule has 0 aliphatic carbocycles. The van der Waals surface area contributed by atoms with Gasteiger partial charge in [0.1, 0.15) is 12.3 Å². The van der Waals surface area contributed by atoms with Crippen LogP contribution in [-0.2, 0) is 44.8 Å². The van der Waals surface area contributed by atoms with Gasteiger partial charge in [0.2, 0.25) is 0 Å². The fraction of sp³-hybridized carbons (Fsp3) is 0.0303. The van der Waals surface area contributed by atoms with Crippen molar-refractivity contribution in [2.45, 2.75) is 0 Å². The average molecular weight is 1330 g/mol. The maximum absolute atomic E-state index is 7.37. The van der Waals surface area contributed by atoms with Crippen LogP contribution < -0.4 is 21.2 Å². The molecule has 0 saturated heterocycles. The summed E-state index contributed by atoms with van der Waals surface area (Å²) in [7, 11) is -1.57. The van der Waals surface area contributed by atoms with E-state index in [-0.39, 0.29) is 44.8 Å². The topological polar surface area (TPSA) is 9.86 Å². The van der Waals surface area contributed by atoms with Crippen molar-refractivity contribution in [3.8, 4) is 23.2 Å². The van der Waals surface area contributed by atoms with Crippen LogP contribution >= 0.6 is 15.8 Å². The summed E-state index contributed by atoms with van der Waals surface area (Å²) < 4.78 is 4.48. The van der Waals surface area contributed by atoms with Gasteiger partial charge in [-0.15, -0.1) is 35.4 Å². The zero-order valence-corrected chi connectivity index (χ0v) is 45.6. The Morgan fingerprint density at radius 2 is 0.556 bits per heavy atom. The molecule has 0 amide bonds. The van der Waals surface area contributed by atoms with Crippen LogP contribution in [0.15, 0.2) is 267 Å². The molecular weight excluding hydrogens is 1280 g/mol. The zero-order chi connectivity index (χ0) is 47.5. The molecular formula is C66H50Au2N2P2+2. The van der Waals surface area contributed by atoms with E-state index in [1.165, 1.54) is 66.1 Å². The predicted octanol–water partition coefficient (Wildman–Crippen LogP) is 14.2. The molecule has 354 valence electrons. The largest absolute Gasteiger partial charge is 1.00 e. The van der Waals surface area contributed by atoms with Gasteiger partial charge in [0.25, 0.3) is 0 Å². The molecule has 0 N–H and O–H groups in total. The molecule has 0 saturated carbocycles. The summed E-state index contributed by atoms with van der Waals surface area (Å²) in [6.45, 7) is 0. The van der Waals surface area contributed by atoms with Gasteiger partial charge in [-0.05, 0) is 84.9 Å². The van der Waals surface area contributed by atoms with E-state index in [1.54, 1.807) is 0 Å². The Morgan fingerprint density at radius 3 is 0.861 bits per heavy atom. The van der Waals surface area contributed by atoms with E-state index in [1.807, 2.05) is 60.7 Å². The summed E-state index contributed by atoms with van der Waals surface area (Å²) in [6, 6.07) is 94.0. The first-order valence-corrected chi connectivity index (χ1v) is 27.1. The number of nitrogens with zero attached hydrogens (tertiary/aromatic N) is 2. The Kier molecular flexibility index (Phi) is 18.0. The molecule has 10 aromatic carbocycles. The number of para-hydroxylation sites is 4. The minimum absolute atomic E-state index is 0. The first-order valence-electron chi connectivity index (χ1n) is 23.6. The first kappa shape index (κ1) is 51.6. The third-order valence-corrected chi connectivity index (χ3v) is 18.9. The molecule has 0 aliphatic heterocycles. The normalized spacial score (nSPS) is 10.6. The molecule has 72 heavy (non-hydrogen) atoms. The van der Waals surface area contributed by atoms with Gasteiger partial charge in [0, 0.05) is 44.0 Å². The first-order chi connectivity index (χ1) is 34.7. The van der Waals surface area contributed by atoms with Crippen molar-refractivity contribution in [3.63, 3.8) is 0 Å². The van der Waals surface area contributed by atoms with Crippen LogP contribution in [0.4, 0.5) is 0 Å². The van der Waals surface area contributed by atoms with Gasteiger partial charge in [0.15, 0.2) is 0 Å². The SMILES string of the molecule is [Au+].[Au+].[C-]#Cc1ccc2c3ccccc3n(-c3ccccc3)c2c1.[C-]#Cc1ccc2c3ccccc3n(-c3ccccc3)c2c1.c1ccc([PH+](CC[PH+](c2ccccc2)c2ccccc2)c2ccccc2)cc1. The van der Waals surface area contributed by atoms with Crippen LogP contribution in [0.25, 0.3) is 55.0 Å². The smallest absolute Gasteiger partial charge is 0.366 e. The second-order valence-electron chi connectivity index (χ2n) is 17.0. The summed E-state index contributed by atoms with van der Waals surface area (Å²) >= 11 is 0. The van der Waals surface area contributed by atoms with Gasteiger partial charge in [0.05, 0.1) is 48.1 Å². The second kappa shape index (κ2) is 25.1. The predicted molar refractivity (Wildman–Crippen MR) is 305 cm³/mol. The molecule has 0 spiro atoms. The molecule has 0 aliphatic rings. The van der Waals surface area contributed by atoms with E-state index in [4.69, 9.17) is 12.8 Å². The van der Waals surface area contributed by atoms with E-state index in [2.05, 4.69) is 227 Å². The van der Waals surface area contributed by atoms with Crippen molar-refractivity contribution >= 4 is 80.7 Å². The quantitative estimate of drug-likeness (QED) is 0.0590. The Labute approximate surface area is 457 Å². The maximum Gasteiger partial charge on any atom is 1.00 e. The monoisotopic (exact) mass is 1330 g/mol. The minimum atomic E-state index is -0.783. The number of hydrogen-bond acceptors (Lipinski definition) is 0. The van der Waals surface area contributed by atoms with Gasteiger partial charge in [-0.2, -0.15) is 0 Å². The minimum Gasteiger partial charge on any atom is -0.366 e. The standard InChI is InChI=1S/C26H24P2.2C20H12N.2Au/c1-5-13-23(14-6-1)27(24-15-7-2-8-16-24)21-22-28(25-17-9-3-10-18-25)26-19-11-4-12-20-26;2*1-2-15-12-13-18-17-10-6-7-11-19(17)21(20(18)14-15)16-8-4-3-5-9-16;;/h1-20H,21-22H2;2*3-14H;;/q;2*-1;2*+1/p+2. The summed E-state index contributed by atoms with van der Waals surface area (Å²) in [5.41, 5.74) is 8.43. The van der Waals surface area contributed by atoms with Crippen molar-refractivity contribution in [2.75, 3.05) is 12.3 Å². The third kappa shape index (κ3) is 11.5. The van der Waals surface area contributed by atoms with E-state index >= 15 is 0 Å². The van der Waals surface area contributed by atoms with Crippen LogP contribution in [0.5, 0.6) is 0 Å². The molecule has 0 atom stereocenters. The van der Waals surface area contributed by atoms with E-state index in [0.29, 0.717) is 0 Å². The summed E-state index contributed by atoms with van der Waals surface area (Å²) in [5.74, 6) is 4.96. The summed E-state index contributed by atoms with van der Waals surface area (Å²) in [6.07, 6.45) is 17.3. The average Bonchev–Trinajstić information content (AvgIpc) is 3.96. The van der Waals surface area contributed by atoms with Crippen LogP contribution in [0.1, 0.15) is 11.1 Å². The molecule has 0 bridgehead atoms. The van der Waals surface area contributed by atoms with Gasteiger partial charge in [-0.25, -0.2) is 0 Å². The van der Waals surface area contributed by atoms with Crippen LogP contribution in [0, 0.1) is 24.7 Å². The second-order valence-corrected chi connectivity index (χ2v) is 22.2. The Bertz CT molecular complexity index is 3410. The van der Waals surface area contributed by atoms with Gasteiger partial charge < -0.3 is 22.0 Å². The molecule has 2 heterocycles. The molecule has 0 fully saturated rings. The molecule has 12 aromatic rings. The summed E-state index contributed by atoms with van der Waals surface area (Å²) in [4.78, 5) is 0. The van der Waals surface area contributed by atoms with E-state index in [9.17, 15) is 0 Å². The van der Waals surface area contributed by atoms with Crippen molar-refractivity contribution in [1.82, 2.24) is 9.13 Å². The van der Waals surface area contributed by atoms with Crippen molar-refractivity contribution in [2.24, 2.45) is 0 Å². The fourth-order valence-electron chi connectivity index (χ4n) is 9.53. The van der Waals surface area contributed by atoms with Gasteiger partial charge in [-0.3, -0.25) is 11.8 Å². The van der Waals surface area contributed by atoms with Gasteiger partial charge >= 0.3 is 44.8 Å². The molecule has 6 heteroatoms. The van der Waals surface area contributed by atoms with E-state index in [0.717, 1.165) is 33.5 Å². The number of fused-ring (bicyclic) bond motifs is 6. The Balaban J connectivity index is 0.000000144. The number of aromatic nitrogens is 2. The Hall–Kier alpha value is -6.74. The van der Waals surface area contributed by atoms with Gasteiger partial charge in [-0.1, -0.05) is 158 Å². The fourth-order valence-corrected chi connectivity index (χ4v) is 15.7. The molecule has 2 aromatic heterocycles.